The third kappa shape index (κ3) is 5.93. The number of carboxylic acids is 1. The Morgan fingerprint density at radius 2 is 1.61 bits per heavy atom. The summed E-state index contributed by atoms with van der Waals surface area (Å²) in [5.74, 6) is -0.887. The molecule has 2 aromatic carbocycles. The van der Waals surface area contributed by atoms with E-state index >= 15 is 0 Å². The van der Waals surface area contributed by atoms with E-state index in [4.69, 9.17) is 19.3 Å². The second-order valence-electron chi connectivity index (χ2n) is 8.09. The highest BCUT2D eigenvalue weighted by Gasteiger charge is 2.41. The van der Waals surface area contributed by atoms with Crippen LogP contribution in [0.1, 0.15) is 16.1 Å². The number of ether oxygens (including phenoxy) is 3. The van der Waals surface area contributed by atoms with Crippen molar-refractivity contribution in [3.05, 3.63) is 78.0 Å². The average molecular weight is 505 g/mol. The summed E-state index contributed by atoms with van der Waals surface area (Å²) >= 11 is 0. The van der Waals surface area contributed by atoms with Gasteiger partial charge in [-0.2, -0.15) is 13.2 Å². The molecule has 0 spiro atoms. The first-order valence-corrected chi connectivity index (χ1v) is 10.9. The number of nitrogens with zero attached hydrogens (tertiary/aromatic N) is 1. The number of benzene rings is 2. The molecule has 8 nitrogen and oxygen atoms in total. The number of hydrogen-bond acceptors (Lipinski definition) is 7. The highest BCUT2D eigenvalue weighted by Crippen LogP contribution is 2.30. The van der Waals surface area contributed by atoms with Gasteiger partial charge in [-0.15, -0.1) is 0 Å². The molecule has 0 aliphatic carbocycles. The van der Waals surface area contributed by atoms with Gasteiger partial charge >= 0.3 is 12.1 Å². The van der Waals surface area contributed by atoms with E-state index in [1.807, 2.05) is 0 Å². The summed E-state index contributed by atoms with van der Waals surface area (Å²) in [6, 6.07) is 16.5. The van der Waals surface area contributed by atoms with Crippen LogP contribution in [-0.4, -0.2) is 63.9 Å². The molecule has 36 heavy (non-hydrogen) atoms. The molecule has 0 saturated carbocycles. The van der Waals surface area contributed by atoms with Crippen LogP contribution in [0.2, 0.25) is 0 Å². The van der Waals surface area contributed by atoms with Gasteiger partial charge in [-0.25, -0.2) is 9.78 Å². The molecule has 0 unspecified atom stereocenters. The van der Waals surface area contributed by atoms with Crippen LogP contribution in [-0.2, 0) is 10.9 Å². The monoisotopic (exact) mass is 505 g/mol. The second-order valence-corrected chi connectivity index (χ2v) is 8.09. The van der Waals surface area contributed by atoms with Crippen molar-refractivity contribution in [3.63, 3.8) is 0 Å². The molecule has 1 aromatic heterocycles. The second kappa shape index (κ2) is 10.5. The smallest absolute Gasteiger partial charge is 0.433 e. The number of aliphatic hydroxyl groups is 2. The molecule has 1 fully saturated rings. The number of aliphatic hydroxyl groups excluding tert-OH is 2. The number of aromatic nitrogens is 1. The Hall–Kier alpha value is -3.67. The minimum absolute atomic E-state index is 0.0978. The molecular weight excluding hydrogens is 483 g/mol. The third-order valence-electron chi connectivity index (χ3n) is 5.61. The molecule has 0 radical (unpaired) electrons. The summed E-state index contributed by atoms with van der Waals surface area (Å²) < 4.78 is 55.1. The molecule has 4 rings (SSSR count). The lowest BCUT2D eigenvalue weighted by atomic mass is 10.0. The first kappa shape index (κ1) is 25.4. The Balaban J connectivity index is 1.31. The molecular formula is C25H22F3NO7. The van der Waals surface area contributed by atoms with Crippen LogP contribution in [0.5, 0.6) is 11.6 Å². The molecule has 2 heterocycles. The van der Waals surface area contributed by atoms with Crippen LogP contribution in [0.15, 0.2) is 66.7 Å². The maximum absolute atomic E-state index is 12.8. The Kier molecular flexibility index (Phi) is 7.43. The van der Waals surface area contributed by atoms with Gasteiger partial charge in [0, 0.05) is 6.07 Å². The Morgan fingerprint density at radius 3 is 2.22 bits per heavy atom. The number of hydrogen-bond donors (Lipinski definition) is 3. The number of carboxylic acid groups (broad SMARTS) is 1. The predicted octanol–water partition coefficient (Wildman–Crippen LogP) is 3.41. The van der Waals surface area contributed by atoms with Gasteiger partial charge in [0.2, 0.25) is 5.88 Å². The zero-order valence-electron chi connectivity index (χ0n) is 18.6. The zero-order valence-corrected chi connectivity index (χ0v) is 18.6. The van der Waals surface area contributed by atoms with Crippen LogP contribution in [0.3, 0.4) is 0 Å². The summed E-state index contributed by atoms with van der Waals surface area (Å²) in [7, 11) is 0. The molecule has 190 valence electrons. The van der Waals surface area contributed by atoms with Crippen molar-refractivity contribution in [2.45, 2.75) is 30.6 Å². The van der Waals surface area contributed by atoms with Crippen LogP contribution in [0.25, 0.3) is 11.1 Å². The molecule has 1 saturated heterocycles. The summed E-state index contributed by atoms with van der Waals surface area (Å²) in [4.78, 5) is 14.4. The van der Waals surface area contributed by atoms with E-state index in [0.29, 0.717) is 5.75 Å². The summed E-state index contributed by atoms with van der Waals surface area (Å²) in [5, 5.41) is 29.8. The molecule has 0 amide bonds. The topological polar surface area (TPSA) is 118 Å². The molecule has 1 aliphatic rings. The predicted molar refractivity (Wildman–Crippen MR) is 120 cm³/mol. The van der Waals surface area contributed by atoms with Crippen molar-refractivity contribution in [2.24, 2.45) is 0 Å². The Labute approximate surface area is 203 Å². The molecule has 1 aliphatic heterocycles. The van der Waals surface area contributed by atoms with E-state index < -0.39 is 42.3 Å². The van der Waals surface area contributed by atoms with Crippen molar-refractivity contribution in [1.82, 2.24) is 4.98 Å². The number of alkyl halides is 3. The highest BCUT2D eigenvalue weighted by molar-refractivity contribution is 5.88. The SMILES string of the molecule is O=C(O)c1ccc(-c2ccc(OC[C@H]3OC[C@H](Oc4cccc(C(F)(F)F)n4)[C@@H](O)[C@H]3O)cc2)cc1. The van der Waals surface area contributed by atoms with Crippen LogP contribution < -0.4 is 9.47 Å². The number of carbonyl (C=O) groups is 1. The number of halogens is 3. The lowest BCUT2D eigenvalue weighted by Gasteiger charge is -2.37. The maximum atomic E-state index is 12.8. The van der Waals surface area contributed by atoms with E-state index in [-0.39, 0.29) is 24.7 Å². The normalized spacial score (nSPS) is 22.1. The molecule has 0 bridgehead atoms. The van der Waals surface area contributed by atoms with Crippen molar-refractivity contribution < 1.29 is 47.5 Å². The van der Waals surface area contributed by atoms with E-state index in [0.717, 1.165) is 23.3 Å². The zero-order chi connectivity index (χ0) is 25.9. The van der Waals surface area contributed by atoms with Gasteiger partial charge in [0.05, 0.1) is 12.2 Å². The van der Waals surface area contributed by atoms with Gasteiger partial charge in [-0.3, -0.25) is 0 Å². The minimum atomic E-state index is -4.65. The largest absolute Gasteiger partial charge is 0.491 e. The number of rotatable bonds is 7. The summed E-state index contributed by atoms with van der Waals surface area (Å²) in [5.41, 5.74) is 0.709. The summed E-state index contributed by atoms with van der Waals surface area (Å²) in [6.07, 6.45) is -9.54. The van der Waals surface area contributed by atoms with Gasteiger partial charge < -0.3 is 29.5 Å². The van der Waals surface area contributed by atoms with Gasteiger partial charge in [-0.1, -0.05) is 30.3 Å². The third-order valence-corrected chi connectivity index (χ3v) is 5.61. The first-order valence-electron chi connectivity index (χ1n) is 10.9. The van der Waals surface area contributed by atoms with E-state index in [2.05, 4.69) is 4.98 Å². The molecule has 3 aromatic rings. The fourth-order valence-corrected chi connectivity index (χ4v) is 3.63. The quantitative estimate of drug-likeness (QED) is 0.447. The van der Waals surface area contributed by atoms with Gasteiger partial charge in [-0.05, 0) is 41.5 Å². The lowest BCUT2D eigenvalue weighted by Crippen LogP contribution is -2.56. The van der Waals surface area contributed by atoms with Crippen LogP contribution in [0, 0.1) is 0 Å². The van der Waals surface area contributed by atoms with E-state index in [1.165, 1.54) is 18.2 Å². The van der Waals surface area contributed by atoms with Crippen LogP contribution in [0.4, 0.5) is 13.2 Å². The fraction of sp³-hybridized carbons (Fsp3) is 0.280. The van der Waals surface area contributed by atoms with Crippen molar-refractivity contribution in [3.8, 4) is 22.8 Å². The van der Waals surface area contributed by atoms with Gasteiger partial charge in [0.1, 0.15) is 36.4 Å². The molecule has 3 N–H and O–H groups in total. The summed E-state index contributed by atoms with van der Waals surface area (Å²) in [6.45, 7) is -0.297. The Morgan fingerprint density at radius 1 is 0.972 bits per heavy atom. The van der Waals surface area contributed by atoms with E-state index in [9.17, 15) is 28.2 Å². The van der Waals surface area contributed by atoms with E-state index in [1.54, 1.807) is 36.4 Å². The average Bonchev–Trinajstić information content (AvgIpc) is 2.86. The molecule has 4 atom stereocenters. The van der Waals surface area contributed by atoms with Crippen molar-refractivity contribution in [1.29, 1.82) is 0 Å². The molecule has 11 heteroatoms. The lowest BCUT2D eigenvalue weighted by molar-refractivity contribution is -0.187. The highest BCUT2D eigenvalue weighted by atomic mass is 19.4. The van der Waals surface area contributed by atoms with Crippen molar-refractivity contribution >= 4 is 5.97 Å². The number of pyridine rings is 1. The van der Waals surface area contributed by atoms with Gasteiger partial charge in [0.15, 0.2) is 6.10 Å². The number of aromatic carboxylic acids is 1. The maximum Gasteiger partial charge on any atom is 0.433 e. The standard InChI is InChI=1S/C25H22F3NO7/c26-25(27,28)20-2-1-3-21(29-20)36-19-13-35-18(22(30)23(19)31)12-34-17-10-8-15(9-11-17)14-4-6-16(7-5-14)24(32)33/h1-11,18-19,22-23,30-31H,12-13H2,(H,32,33)/t18-,19+,22+,23-/m1/s1. The van der Waals surface area contributed by atoms with Gasteiger partial charge in [0.25, 0.3) is 0 Å². The fourth-order valence-electron chi connectivity index (χ4n) is 3.63. The Bertz CT molecular complexity index is 1190. The first-order chi connectivity index (χ1) is 17.1. The van der Waals surface area contributed by atoms with Crippen LogP contribution >= 0.6 is 0 Å². The van der Waals surface area contributed by atoms with Crippen molar-refractivity contribution in [2.75, 3.05) is 13.2 Å². The minimum Gasteiger partial charge on any atom is -0.491 e.